The number of aromatic nitrogens is 2. The van der Waals surface area contributed by atoms with E-state index in [0.29, 0.717) is 26.2 Å². The third-order valence-corrected chi connectivity index (χ3v) is 6.02. The minimum atomic E-state index is -2.97. The van der Waals surface area contributed by atoms with Crippen LogP contribution in [0.4, 0.5) is 8.78 Å². The van der Waals surface area contributed by atoms with Gasteiger partial charge in [0.05, 0.1) is 25.5 Å². The number of aromatic amines is 1. The highest BCUT2D eigenvalue weighted by atomic mass is 19.3. The molecule has 178 valence electrons. The van der Waals surface area contributed by atoms with Crippen LogP contribution in [0, 0.1) is 6.92 Å². The maximum absolute atomic E-state index is 14.5. The third-order valence-electron chi connectivity index (χ3n) is 6.02. The maximum atomic E-state index is 14.5. The Morgan fingerprint density at radius 2 is 2.06 bits per heavy atom. The van der Waals surface area contributed by atoms with Gasteiger partial charge in [0.25, 0.3) is 5.92 Å². The molecule has 2 aliphatic heterocycles. The zero-order valence-corrected chi connectivity index (χ0v) is 18.8. The lowest BCUT2D eigenvalue weighted by Crippen LogP contribution is -2.37. The molecule has 9 heteroatoms. The molecule has 0 radical (unpaired) electrons. The van der Waals surface area contributed by atoms with Crippen molar-refractivity contribution in [2.24, 2.45) is 0 Å². The number of hydrogen-bond donors (Lipinski definition) is 1. The number of halogens is 2. The van der Waals surface area contributed by atoms with E-state index >= 15 is 0 Å². The molecule has 2 fully saturated rings. The first-order chi connectivity index (χ1) is 15.0. The zero-order valence-electron chi connectivity index (χ0n) is 18.8. The average Bonchev–Trinajstić information content (AvgIpc) is 3.15. The Morgan fingerprint density at radius 3 is 2.74 bits per heavy atom. The van der Waals surface area contributed by atoms with Crippen molar-refractivity contribution in [1.82, 2.24) is 15.1 Å². The smallest absolute Gasteiger partial charge is 0.273 e. The van der Waals surface area contributed by atoms with Crippen molar-refractivity contribution < 1.29 is 27.7 Å². The van der Waals surface area contributed by atoms with Crippen LogP contribution in [-0.2, 0) is 25.4 Å². The van der Waals surface area contributed by atoms with Gasteiger partial charge in [-0.3, -0.25) is 10.00 Å². The number of nitrogens with zero attached hydrogens (tertiary/aromatic N) is 2. The van der Waals surface area contributed by atoms with Crippen molar-refractivity contribution in [3.63, 3.8) is 0 Å². The molecule has 2 unspecified atom stereocenters. The Balaban J connectivity index is 1.52. The first-order valence-corrected chi connectivity index (χ1v) is 11.5. The van der Waals surface area contributed by atoms with Crippen LogP contribution in [0.1, 0.15) is 62.1 Å². The molecular weight excluding hydrogens is 408 g/mol. The van der Waals surface area contributed by atoms with E-state index in [4.69, 9.17) is 18.9 Å². The summed E-state index contributed by atoms with van der Waals surface area (Å²) in [6.07, 6.45) is 2.98. The average molecular weight is 446 g/mol. The molecule has 0 amide bonds. The SMILES string of the molecule is CCc1[nH]nc(C(CCN2CCOCC2)OCC(F)(F)CCOC2CCCCO2)c1C. The van der Waals surface area contributed by atoms with Crippen LogP contribution in [0.25, 0.3) is 0 Å². The molecular formula is C22H37F2N3O4. The number of H-pyrrole nitrogens is 1. The van der Waals surface area contributed by atoms with Crippen molar-refractivity contribution in [3.8, 4) is 0 Å². The highest BCUT2D eigenvalue weighted by molar-refractivity contribution is 5.25. The highest BCUT2D eigenvalue weighted by Gasteiger charge is 2.32. The Morgan fingerprint density at radius 1 is 1.26 bits per heavy atom. The van der Waals surface area contributed by atoms with Gasteiger partial charge in [-0.15, -0.1) is 0 Å². The van der Waals surface area contributed by atoms with Crippen LogP contribution in [0.5, 0.6) is 0 Å². The van der Waals surface area contributed by atoms with Crippen LogP contribution in [0.2, 0.25) is 0 Å². The summed E-state index contributed by atoms with van der Waals surface area (Å²) in [4.78, 5) is 2.28. The fourth-order valence-electron chi connectivity index (χ4n) is 4.01. The number of hydrogen-bond acceptors (Lipinski definition) is 6. The van der Waals surface area contributed by atoms with Gasteiger partial charge in [0.2, 0.25) is 0 Å². The van der Waals surface area contributed by atoms with E-state index < -0.39 is 18.6 Å². The fourth-order valence-corrected chi connectivity index (χ4v) is 4.01. The van der Waals surface area contributed by atoms with Gasteiger partial charge in [0.1, 0.15) is 12.7 Å². The van der Waals surface area contributed by atoms with E-state index in [1.807, 2.05) is 13.8 Å². The quantitative estimate of drug-likeness (QED) is 0.530. The van der Waals surface area contributed by atoms with Crippen LogP contribution in [0.3, 0.4) is 0 Å². The number of aryl methyl sites for hydroxylation is 1. The molecule has 31 heavy (non-hydrogen) atoms. The first-order valence-electron chi connectivity index (χ1n) is 11.5. The van der Waals surface area contributed by atoms with Gasteiger partial charge in [-0.2, -0.15) is 5.10 Å². The minimum absolute atomic E-state index is 0.0408. The van der Waals surface area contributed by atoms with Gasteiger partial charge >= 0.3 is 0 Å². The van der Waals surface area contributed by atoms with Gasteiger partial charge in [-0.05, 0) is 44.6 Å². The Labute approximate surface area is 183 Å². The van der Waals surface area contributed by atoms with Crippen molar-refractivity contribution in [1.29, 1.82) is 0 Å². The fraction of sp³-hybridized carbons (Fsp3) is 0.864. The maximum Gasteiger partial charge on any atom is 0.273 e. The van der Waals surface area contributed by atoms with Gasteiger partial charge in [0.15, 0.2) is 6.29 Å². The number of rotatable bonds is 12. The Bertz CT molecular complexity index is 647. The van der Waals surface area contributed by atoms with E-state index in [2.05, 4.69) is 15.1 Å². The van der Waals surface area contributed by atoms with E-state index in [0.717, 1.165) is 62.3 Å². The Hall–Kier alpha value is -1.13. The molecule has 7 nitrogen and oxygen atoms in total. The van der Waals surface area contributed by atoms with E-state index in [1.54, 1.807) is 0 Å². The summed E-state index contributed by atoms with van der Waals surface area (Å²) in [5.41, 5.74) is 2.74. The Kier molecular flexibility index (Phi) is 9.65. The van der Waals surface area contributed by atoms with Crippen molar-refractivity contribution in [3.05, 3.63) is 17.0 Å². The summed E-state index contributed by atoms with van der Waals surface area (Å²) >= 11 is 0. The van der Waals surface area contributed by atoms with Gasteiger partial charge in [-0.25, -0.2) is 8.78 Å². The summed E-state index contributed by atoms with van der Waals surface area (Å²) < 4.78 is 51.1. The monoisotopic (exact) mass is 445 g/mol. The second-order valence-corrected chi connectivity index (χ2v) is 8.38. The van der Waals surface area contributed by atoms with Crippen LogP contribution >= 0.6 is 0 Å². The normalized spacial score (nSPS) is 22.0. The molecule has 2 saturated heterocycles. The zero-order chi connectivity index (χ0) is 22.1. The summed E-state index contributed by atoms with van der Waals surface area (Å²) in [5, 5.41) is 7.42. The molecule has 1 aromatic rings. The number of morpholine rings is 1. The lowest BCUT2D eigenvalue weighted by Gasteiger charge is -2.29. The van der Waals surface area contributed by atoms with Crippen molar-refractivity contribution in [2.75, 3.05) is 52.7 Å². The highest BCUT2D eigenvalue weighted by Crippen LogP contribution is 2.29. The van der Waals surface area contributed by atoms with Crippen LogP contribution in [-0.4, -0.2) is 80.0 Å². The molecule has 2 atom stereocenters. The molecule has 1 aromatic heterocycles. The van der Waals surface area contributed by atoms with Crippen LogP contribution in [0.15, 0.2) is 0 Å². The molecule has 0 saturated carbocycles. The van der Waals surface area contributed by atoms with E-state index in [9.17, 15) is 8.78 Å². The molecule has 3 heterocycles. The summed E-state index contributed by atoms with van der Waals surface area (Å²) in [6.45, 7) is 7.83. The van der Waals surface area contributed by atoms with Gasteiger partial charge < -0.3 is 18.9 Å². The van der Waals surface area contributed by atoms with Crippen LogP contribution < -0.4 is 0 Å². The predicted octanol–water partition coefficient (Wildman–Crippen LogP) is 3.63. The van der Waals surface area contributed by atoms with E-state index in [-0.39, 0.29) is 19.3 Å². The van der Waals surface area contributed by atoms with Crippen molar-refractivity contribution >= 4 is 0 Å². The summed E-state index contributed by atoms with van der Waals surface area (Å²) in [5.74, 6) is -2.97. The molecule has 0 aliphatic carbocycles. The van der Waals surface area contributed by atoms with Gasteiger partial charge in [-0.1, -0.05) is 6.92 Å². The number of ether oxygens (including phenoxy) is 4. The predicted molar refractivity (Wildman–Crippen MR) is 112 cm³/mol. The summed E-state index contributed by atoms with van der Waals surface area (Å²) in [7, 11) is 0. The first kappa shape index (κ1) is 24.5. The summed E-state index contributed by atoms with van der Waals surface area (Å²) in [6, 6.07) is 0. The second-order valence-electron chi connectivity index (χ2n) is 8.38. The lowest BCUT2D eigenvalue weighted by atomic mass is 10.1. The molecule has 3 rings (SSSR count). The molecule has 1 N–H and O–H groups in total. The molecule has 0 bridgehead atoms. The molecule has 0 aromatic carbocycles. The lowest BCUT2D eigenvalue weighted by molar-refractivity contribution is -0.179. The molecule has 2 aliphatic rings. The number of nitrogens with one attached hydrogen (secondary N) is 1. The topological polar surface area (TPSA) is 68.8 Å². The largest absolute Gasteiger partial charge is 0.379 e. The van der Waals surface area contributed by atoms with Crippen molar-refractivity contribution in [2.45, 2.75) is 70.7 Å². The van der Waals surface area contributed by atoms with Gasteiger partial charge in [0, 0.05) is 38.4 Å². The number of alkyl halides is 2. The second kappa shape index (κ2) is 12.2. The minimum Gasteiger partial charge on any atom is -0.379 e. The van der Waals surface area contributed by atoms with E-state index in [1.165, 1.54) is 0 Å². The standard InChI is InChI=1S/C22H37F2N3O4/c1-3-18-17(2)21(26-25-18)19(7-9-27-10-14-28-15-11-27)31-16-22(23,24)8-13-30-20-6-4-5-12-29-20/h19-20H,3-16H2,1-2H3,(H,25,26). The third kappa shape index (κ3) is 7.75. The molecule has 0 spiro atoms.